The Morgan fingerprint density at radius 3 is 2.15 bits per heavy atom. The maximum atomic E-state index is 11.9. The van der Waals surface area contributed by atoms with E-state index >= 15 is 0 Å². The highest BCUT2D eigenvalue weighted by molar-refractivity contribution is 6.35. The first-order chi connectivity index (χ1) is 15.5. The van der Waals surface area contributed by atoms with Crippen molar-refractivity contribution in [3.05, 3.63) is 33.8 Å². The average Bonchev–Trinajstić information content (AvgIpc) is 2.68. The lowest BCUT2D eigenvalue weighted by molar-refractivity contribution is -0.280. The van der Waals surface area contributed by atoms with Gasteiger partial charge in [-0.05, 0) is 17.7 Å². The van der Waals surface area contributed by atoms with Crippen molar-refractivity contribution in [3.63, 3.8) is 0 Å². The van der Waals surface area contributed by atoms with Crippen LogP contribution in [0.5, 0.6) is 0 Å². The van der Waals surface area contributed by atoms with Crippen molar-refractivity contribution in [2.24, 2.45) is 0 Å². The fourth-order valence-electron chi connectivity index (χ4n) is 3.24. The number of benzene rings is 1. The standard InChI is InChI=1S/C21H25Cl2NO9/c1-10(25)24-18-20(32-13(4)28)19(31-12(3)27)17(9-29-11(2)26)33-21(18)30-8-14-5-6-15(22)7-16(14)23/h5-7,17-21H,8-9H2,1-4H3,(H,24,25)/t17-,18-,19+,20+,21+/m0/s1. The Balaban J connectivity index is 2.38. The number of carbonyl (C=O) groups excluding carboxylic acids is 4. The van der Waals surface area contributed by atoms with Gasteiger partial charge in [-0.3, -0.25) is 19.2 Å². The molecule has 0 bridgehead atoms. The maximum absolute atomic E-state index is 11.9. The molecule has 1 saturated heterocycles. The third-order valence-electron chi connectivity index (χ3n) is 4.49. The van der Waals surface area contributed by atoms with Gasteiger partial charge in [0, 0.05) is 37.7 Å². The van der Waals surface area contributed by atoms with Crippen molar-refractivity contribution in [2.45, 2.75) is 64.9 Å². The Morgan fingerprint density at radius 2 is 1.61 bits per heavy atom. The predicted octanol–water partition coefficient (Wildman–Crippen LogP) is 2.17. The molecule has 0 radical (unpaired) electrons. The predicted molar refractivity (Wildman–Crippen MR) is 115 cm³/mol. The van der Waals surface area contributed by atoms with Crippen LogP contribution in [0.1, 0.15) is 33.3 Å². The van der Waals surface area contributed by atoms with Gasteiger partial charge in [0.2, 0.25) is 5.91 Å². The first-order valence-electron chi connectivity index (χ1n) is 9.93. The van der Waals surface area contributed by atoms with E-state index in [1.807, 2.05) is 0 Å². The molecule has 0 aromatic heterocycles. The molecule has 0 saturated carbocycles. The van der Waals surface area contributed by atoms with Gasteiger partial charge in [-0.2, -0.15) is 0 Å². The van der Waals surface area contributed by atoms with Crippen LogP contribution in [0.25, 0.3) is 0 Å². The molecule has 33 heavy (non-hydrogen) atoms. The fourth-order valence-corrected chi connectivity index (χ4v) is 3.71. The van der Waals surface area contributed by atoms with Crippen LogP contribution in [0.2, 0.25) is 10.0 Å². The van der Waals surface area contributed by atoms with Crippen molar-refractivity contribution in [1.82, 2.24) is 5.32 Å². The second-order valence-electron chi connectivity index (χ2n) is 7.27. The molecule has 1 heterocycles. The van der Waals surface area contributed by atoms with Crippen molar-refractivity contribution in [2.75, 3.05) is 6.61 Å². The minimum atomic E-state index is -1.20. The zero-order chi connectivity index (χ0) is 24.7. The summed E-state index contributed by atoms with van der Waals surface area (Å²) >= 11 is 12.1. The van der Waals surface area contributed by atoms with Crippen molar-refractivity contribution >= 4 is 47.0 Å². The van der Waals surface area contributed by atoms with E-state index in [9.17, 15) is 19.2 Å². The summed E-state index contributed by atoms with van der Waals surface area (Å²) in [6, 6.07) is 3.76. The van der Waals surface area contributed by atoms with Gasteiger partial charge in [-0.15, -0.1) is 0 Å². The van der Waals surface area contributed by atoms with E-state index in [2.05, 4.69) is 5.32 Å². The number of halogens is 2. The molecule has 0 aliphatic carbocycles. The number of amides is 1. The summed E-state index contributed by atoms with van der Waals surface area (Å²) in [5, 5.41) is 3.40. The topological polar surface area (TPSA) is 126 Å². The molecule has 1 aromatic rings. The van der Waals surface area contributed by atoms with Gasteiger partial charge in [0.25, 0.3) is 0 Å². The Labute approximate surface area is 200 Å². The Hall–Kier alpha value is -2.40. The van der Waals surface area contributed by atoms with E-state index in [1.165, 1.54) is 19.9 Å². The lowest BCUT2D eigenvalue weighted by atomic mass is 9.96. The minimum Gasteiger partial charge on any atom is -0.463 e. The number of carbonyl (C=O) groups is 4. The van der Waals surface area contributed by atoms with E-state index in [-0.39, 0.29) is 13.2 Å². The summed E-state index contributed by atoms with van der Waals surface area (Å²) < 4.78 is 27.5. The normalized spacial score (nSPS) is 24.5. The zero-order valence-corrected chi connectivity index (χ0v) is 20.0. The van der Waals surface area contributed by atoms with E-state index in [0.29, 0.717) is 15.6 Å². The minimum absolute atomic E-state index is 0.0535. The molecule has 1 fully saturated rings. The molecular weight excluding hydrogens is 481 g/mol. The van der Waals surface area contributed by atoms with Gasteiger partial charge in [0.05, 0.1) is 6.61 Å². The number of nitrogens with one attached hydrogen (secondary N) is 1. The molecule has 2 rings (SSSR count). The van der Waals surface area contributed by atoms with Gasteiger partial charge in [0.1, 0.15) is 18.8 Å². The third kappa shape index (κ3) is 8.15. The smallest absolute Gasteiger partial charge is 0.303 e. The summed E-state index contributed by atoms with van der Waals surface area (Å²) in [5.74, 6) is -2.46. The van der Waals surface area contributed by atoms with E-state index < -0.39 is 54.5 Å². The second kappa shape index (κ2) is 12.2. The molecule has 0 unspecified atom stereocenters. The Bertz CT molecular complexity index is 894. The Morgan fingerprint density at radius 1 is 0.970 bits per heavy atom. The summed E-state index contributed by atoms with van der Waals surface area (Å²) in [5.41, 5.74) is 0.578. The van der Waals surface area contributed by atoms with Crippen LogP contribution in [0.4, 0.5) is 0 Å². The molecule has 182 valence electrons. The number of hydrogen-bond acceptors (Lipinski definition) is 9. The highest BCUT2D eigenvalue weighted by Gasteiger charge is 2.51. The molecule has 12 heteroatoms. The van der Waals surface area contributed by atoms with Gasteiger partial charge in [-0.25, -0.2) is 0 Å². The van der Waals surface area contributed by atoms with Gasteiger partial charge in [0.15, 0.2) is 18.5 Å². The first kappa shape index (κ1) is 26.8. The van der Waals surface area contributed by atoms with Gasteiger partial charge >= 0.3 is 17.9 Å². The number of ether oxygens (including phenoxy) is 5. The monoisotopic (exact) mass is 505 g/mol. The molecule has 1 N–H and O–H groups in total. The van der Waals surface area contributed by atoms with Crippen molar-refractivity contribution in [3.8, 4) is 0 Å². The second-order valence-corrected chi connectivity index (χ2v) is 8.11. The first-order valence-corrected chi connectivity index (χ1v) is 10.7. The van der Waals surface area contributed by atoms with Crippen LogP contribution in [0.15, 0.2) is 18.2 Å². The van der Waals surface area contributed by atoms with E-state index in [1.54, 1.807) is 12.1 Å². The van der Waals surface area contributed by atoms with Crippen LogP contribution in [0, 0.1) is 0 Å². The van der Waals surface area contributed by atoms with Crippen LogP contribution >= 0.6 is 23.2 Å². The van der Waals surface area contributed by atoms with Gasteiger partial charge in [-0.1, -0.05) is 29.3 Å². The molecule has 0 spiro atoms. The largest absolute Gasteiger partial charge is 0.463 e. The third-order valence-corrected chi connectivity index (χ3v) is 5.08. The summed E-state index contributed by atoms with van der Waals surface area (Å²) in [4.78, 5) is 46.8. The molecule has 1 aliphatic rings. The molecule has 1 aliphatic heterocycles. The van der Waals surface area contributed by atoms with Crippen LogP contribution < -0.4 is 5.32 Å². The zero-order valence-electron chi connectivity index (χ0n) is 18.5. The van der Waals surface area contributed by atoms with Crippen LogP contribution in [-0.2, 0) is 49.5 Å². The summed E-state index contributed by atoms with van der Waals surface area (Å²) in [7, 11) is 0. The molecule has 1 aromatic carbocycles. The average molecular weight is 506 g/mol. The summed E-state index contributed by atoms with van der Waals surface area (Å²) in [6.45, 7) is 4.40. The highest BCUT2D eigenvalue weighted by Crippen LogP contribution is 2.29. The quantitative estimate of drug-likeness (QED) is 0.417. The molecule has 1 amide bonds. The molecule has 5 atom stereocenters. The fraction of sp³-hybridized carbons (Fsp3) is 0.524. The van der Waals surface area contributed by atoms with E-state index in [0.717, 1.165) is 13.8 Å². The summed E-state index contributed by atoms with van der Waals surface area (Å²) in [6.07, 6.45) is -4.63. The van der Waals surface area contributed by atoms with E-state index in [4.69, 9.17) is 46.9 Å². The number of hydrogen-bond donors (Lipinski definition) is 1. The lowest BCUT2D eigenvalue weighted by Crippen LogP contribution is -2.66. The Kier molecular flexibility index (Phi) is 9.90. The molecular formula is C21H25Cl2NO9. The van der Waals surface area contributed by atoms with Crippen molar-refractivity contribution < 1.29 is 42.9 Å². The van der Waals surface area contributed by atoms with Gasteiger partial charge < -0.3 is 29.0 Å². The van der Waals surface area contributed by atoms with Crippen LogP contribution in [-0.4, -0.2) is 61.1 Å². The number of rotatable bonds is 8. The van der Waals surface area contributed by atoms with Crippen LogP contribution in [0.3, 0.4) is 0 Å². The van der Waals surface area contributed by atoms with Crippen molar-refractivity contribution in [1.29, 1.82) is 0 Å². The SMILES string of the molecule is CC(=O)N[C@@H]1[C@H](OCc2ccc(Cl)cc2Cl)O[C@@H](COC(C)=O)[C@@H](OC(C)=O)[C@@H]1OC(C)=O. The molecule has 10 nitrogen and oxygen atoms in total. The highest BCUT2D eigenvalue weighted by atomic mass is 35.5. The lowest BCUT2D eigenvalue weighted by Gasteiger charge is -2.44. The number of esters is 3. The maximum Gasteiger partial charge on any atom is 0.303 e.